The van der Waals surface area contributed by atoms with Crippen molar-refractivity contribution in [1.82, 2.24) is 15.2 Å². The van der Waals surface area contributed by atoms with Gasteiger partial charge in [-0.2, -0.15) is 0 Å². The van der Waals surface area contributed by atoms with Gasteiger partial charge in [0.1, 0.15) is 5.82 Å². The maximum Gasteiger partial charge on any atom is 0.193 e. The number of nitrogens with zero attached hydrogens (tertiary/aromatic N) is 2. The quantitative estimate of drug-likeness (QED) is 0.460. The Bertz CT molecular complexity index is 985. The van der Waals surface area contributed by atoms with E-state index in [0.717, 1.165) is 55.9 Å². The van der Waals surface area contributed by atoms with E-state index in [0.29, 0.717) is 12.5 Å². The lowest BCUT2D eigenvalue weighted by Gasteiger charge is -2.21. The first-order chi connectivity index (χ1) is 14.7. The van der Waals surface area contributed by atoms with E-state index in [1.165, 1.54) is 23.3 Å². The Hall–Kier alpha value is -2.86. The summed E-state index contributed by atoms with van der Waals surface area (Å²) in [5.41, 5.74) is 3.23. The summed E-state index contributed by atoms with van der Waals surface area (Å²) in [5.74, 6) is 1.24. The third-order valence-corrected chi connectivity index (χ3v) is 5.67. The fraction of sp³-hybridized carbons (Fsp3) is 0.375. The lowest BCUT2D eigenvalue weighted by atomic mass is 10.1. The van der Waals surface area contributed by atoms with Gasteiger partial charge in [0, 0.05) is 49.7 Å². The molecule has 1 aliphatic heterocycles. The van der Waals surface area contributed by atoms with Crippen LogP contribution < -0.4 is 5.32 Å². The third kappa shape index (κ3) is 5.00. The van der Waals surface area contributed by atoms with Crippen molar-refractivity contribution in [2.24, 2.45) is 10.9 Å². The van der Waals surface area contributed by atoms with Crippen molar-refractivity contribution in [3.05, 3.63) is 71.7 Å². The Balaban J connectivity index is 1.22. The van der Waals surface area contributed by atoms with E-state index in [9.17, 15) is 4.39 Å². The molecule has 6 heteroatoms. The van der Waals surface area contributed by atoms with Crippen LogP contribution in [0.15, 0.2) is 59.7 Å². The van der Waals surface area contributed by atoms with E-state index in [4.69, 9.17) is 4.74 Å². The summed E-state index contributed by atoms with van der Waals surface area (Å²) in [7, 11) is 1.83. The van der Waals surface area contributed by atoms with Crippen LogP contribution in [0.2, 0.25) is 0 Å². The number of hydrogen-bond donors (Lipinski definition) is 2. The standard InChI is InChI=1S/C24H29FN4O/c1-26-24(27-11-9-20-14-28-23-13-21(25)7-8-22(20)23)29-12-10-19(15-29)17-30-16-18-5-3-2-4-6-18/h2-8,13-14,19,28H,9-12,15-17H2,1H3,(H,26,27). The second-order valence-electron chi connectivity index (χ2n) is 7.83. The maximum absolute atomic E-state index is 13.4. The van der Waals surface area contributed by atoms with E-state index >= 15 is 0 Å². The molecule has 1 aromatic heterocycles. The number of aromatic nitrogens is 1. The minimum absolute atomic E-state index is 0.217. The molecule has 1 saturated heterocycles. The SMILES string of the molecule is CN=C(NCCc1c[nH]c2cc(F)ccc12)N1CCC(COCc2ccccc2)C1. The summed E-state index contributed by atoms with van der Waals surface area (Å²) in [5, 5.41) is 4.55. The number of H-pyrrole nitrogens is 1. The molecule has 4 rings (SSSR count). The van der Waals surface area contributed by atoms with Crippen molar-refractivity contribution in [1.29, 1.82) is 0 Å². The molecule has 2 heterocycles. The van der Waals surface area contributed by atoms with Crippen LogP contribution in [0, 0.1) is 11.7 Å². The summed E-state index contributed by atoms with van der Waals surface area (Å²) < 4.78 is 19.3. The first-order valence-electron chi connectivity index (χ1n) is 10.6. The van der Waals surface area contributed by atoms with Crippen molar-refractivity contribution in [2.45, 2.75) is 19.4 Å². The van der Waals surface area contributed by atoms with Gasteiger partial charge in [-0.05, 0) is 42.2 Å². The molecule has 3 aromatic rings. The minimum atomic E-state index is -0.217. The highest BCUT2D eigenvalue weighted by molar-refractivity contribution is 5.83. The Morgan fingerprint density at radius 3 is 2.97 bits per heavy atom. The fourth-order valence-corrected chi connectivity index (χ4v) is 4.09. The molecule has 30 heavy (non-hydrogen) atoms. The molecular formula is C24H29FN4O. The number of guanidine groups is 1. The van der Waals surface area contributed by atoms with Crippen molar-refractivity contribution in [2.75, 3.05) is 33.3 Å². The van der Waals surface area contributed by atoms with Gasteiger partial charge < -0.3 is 19.9 Å². The van der Waals surface area contributed by atoms with Gasteiger partial charge in [-0.3, -0.25) is 4.99 Å². The Kier molecular flexibility index (Phi) is 6.64. The number of fused-ring (bicyclic) bond motifs is 1. The summed E-state index contributed by atoms with van der Waals surface area (Å²) in [6.07, 6.45) is 3.93. The monoisotopic (exact) mass is 408 g/mol. The predicted octanol–water partition coefficient (Wildman–Crippen LogP) is 3.96. The molecule has 0 saturated carbocycles. The molecule has 1 aliphatic rings. The fourth-order valence-electron chi connectivity index (χ4n) is 4.09. The summed E-state index contributed by atoms with van der Waals surface area (Å²) in [6, 6.07) is 15.2. The first kappa shape index (κ1) is 20.4. The van der Waals surface area contributed by atoms with Gasteiger partial charge in [0.05, 0.1) is 13.2 Å². The lowest BCUT2D eigenvalue weighted by molar-refractivity contribution is 0.0907. The molecule has 0 spiro atoms. The molecule has 2 N–H and O–H groups in total. The molecule has 5 nitrogen and oxygen atoms in total. The third-order valence-electron chi connectivity index (χ3n) is 5.67. The van der Waals surface area contributed by atoms with E-state index in [2.05, 4.69) is 32.3 Å². The summed E-state index contributed by atoms with van der Waals surface area (Å²) in [4.78, 5) is 9.92. The zero-order valence-electron chi connectivity index (χ0n) is 17.4. The van der Waals surface area contributed by atoms with Crippen LogP contribution in [0.3, 0.4) is 0 Å². The highest BCUT2D eigenvalue weighted by Gasteiger charge is 2.24. The van der Waals surface area contributed by atoms with E-state index in [1.54, 1.807) is 0 Å². The van der Waals surface area contributed by atoms with Crippen LogP contribution in [0.4, 0.5) is 4.39 Å². The van der Waals surface area contributed by atoms with Gasteiger partial charge in [-0.1, -0.05) is 30.3 Å². The zero-order chi connectivity index (χ0) is 20.8. The molecule has 0 bridgehead atoms. The van der Waals surface area contributed by atoms with Crippen molar-refractivity contribution in [3.63, 3.8) is 0 Å². The van der Waals surface area contributed by atoms with Crippen molar-refractivity contribution in [3.8, 4) is 0 Å². The number of hydrogen-bond acceptors (Lipinski definition) is 2. The van der Waals surface area contributed by atoms with Crippen molar-refractivity contribution >= 4 is 16.9 Å². The van der Waals surface area contributed by atoms with E-state index in [-0.39, 0.29) is 5.82 Å². The Labute approximate surface area is 177 Å². The molecule has 2 aromatic carbocycles. The van der Waals surface area contributed by atoms with Gasteiger partial charge in [-0.15, -0.1) is 0 Å². The topological polar surface area (TPSA) is 52.7 Å². The molecule has 1 atom stereocenters. The molecule has 0 aliphatic carbocycles. The van der Waals surface area contributed by atoms with Crippen LogP contribution in [-0.2, 0) is 17.8 Å². The molecule has 1 unspecified atom stereocenters. The number of rotatable bonds is 7. The summed E-state index contributed by atoms with van der Waals surface area (Å²) in [6.45, 7) is 4.17. The highest BCUT2D eigenvalue weighted by atomic mass is 19.1. The molecule has 158 valence electrons. The number of likely N-dealkylation sites (tertiary alicyclic amines) is 1. The molecule has 0 radical (unpaired) electrons. The summed E-state index contributed by atoms with van der Waals surface area (Å²) >= 11 is 0. The Morgan fingerprint density at radius 1 is 1.27 bits per heavy atom. The zero-order valence-corrected chi connectivity index (χ0v) is 17.4. The highest BCUT2D eigenvalue weighted by Crippen LogP contribution is 2.20. The largest absolute Gasteiger partial charge is 0.376 e. The smallest absolute Gasteiger partial charge is 0.193 e. The van der Waals surface area contributed by atoms with E-state index in [1.807, 2.05) is 37.5 Å². The second-order valence-corrected chi connectivity index (χ2v) is 7.83. The maximum atomic E-state index is 13.4. The van der Waals surface area contributed by atoms with Gasteiger partial charge in [-0.25, -0.2) is 4.39 Å². The predicted molar refractivity (Wildman–Crippen MR) is 119 cm³/mol. The number of benzene rings is 2. The van der Waals surface area contributed by atoms with Gasteiger partial charge >= 0.3 is 0 Å². The van der Waals surface area contributed by atoms with Crippen LogP contribution in [-0.4, -0.2) is 49.1 Å². The molecule has 1 fully saturated rings. The number of halogens is 1. The normalized spacial score (nSPS) is 17.1. The van der Waals surface area contributed by atoms with Gasteiger partial charge in [0.15, 0.2) is 5.96 Å². The number of aliphatic imine (C=N–C) groups is 1. The van der Waals surface area contributed by atoms with E-state index < -0.39 is 0 Å². The average Bonchev–Trinajstić information content (AvgIpc) is 3.39. The number of nitrogens with one attached hydrogen (secondary N) is 2. The van der Waals surface area contributed by atoms with Crippen molar-refractivity contribution < 1.29 is 9.13 Å². The van der Waals surface area contributed by atoms with Crippen LogP contribution in [0.5, 0.6) is 0 Å². The molecular weight excluding hydrogens is 379 g/mol. The van der Waals surface area contributed by atoms with Crippen LogP contribution >= 0.6 is 0 Å². The van der Waals surface area contributed by atoms with Gasteiger partial charge in [0.25, 0.3) is 0 Å². The lowest BCUT2D eigenvalue weighted by Crippen LogP contribution is -2.41. The molecule has 0 amide bonds. The second kappa shape index (κ2) is 9.76. The Morgan fingerprint density at radius 2 is 2.13 bits per heavy atom. The first-order valence-corrected chi connectivity index (χ1v) is 10.6. The number of aromatic amines is 1. The van der Waals surface area contributed by atoms with Crippen LogP contribution in [0.25, 0.3) is 10.9 Å². The average molecular weight is 409 g/mol. The van der Waals surface area contributed by atoms with Crippen LogP contribution in [0.1, 0.15) is 17.5 Å². The van der Waals surface area contributed by atoms with Gasteiger partial charge in [0.2, 0.25) is 0 Å². The number of ether oxygens (including phenoxy) is 1. The minimum Gasteiger partial charge on any atom is -0.376 e.